The summed E-state index contributed by atoms with van der Waals surface area (Å²) < 4.78 is 37.7. The van der Waals surface area contributed by atoms with Gasteiger partial charge in [-0.3, -0.25) is 0 Å². The normalized spacial score (nSPS) is 15.3. The van der Waals surface area contributed by atoms with E-state index < -0.39 is 35.8 Å². The summed E-state index contributed by atoms with van der Waals surface area (Å²) in [6.45, 7) is -0.718. The predicted molar refractivity (Wildman–Crippen MR) is 52.0 cm³/mol. The highest BCUT2D eigenvalue weighted by atomic mass is 32.2. The number of alkyl halides is 2. The maximum atomic E-state index is 12.8. The molecule has 10 heteroatoms. The molecule has 0 spiro atoms. The average molecular weight is 288 g/mol. The largest absolute Gasteiger partial charge is 0.463 e. The molecular formula is C8H10F2O7S. The van der Waals surface area contributed by atoms with Gasteiger partial charge in [0.05, 0.1) is 6.61 Å². The van der Waals surface area contributed by atoms with E-state index in [4.69, 9.17) is 5.26 Å². The van der Waals surface area contributed by atoms with Crippen LogP contribution < -0.4 is 0 Å². The molecule has 0 aromatic carbocycles. The van der Waals surface area contributed by atoms with Crippen LogP contribution in [0.5, 0.6) is 0 Å². The van der Waals surface area contributed by atoms with Crippen LogP contribution in [-0.2, 0) is 28.4 Å². The van der Waals surface area contributed by atoms with Crippen molar-refractivity contribution in [3.63, 3.8) is 0 Å². The van der Waals surface area contributed by atoms with Crippen LogP contribution in [-0.4, -0.2) is 35.7 Å². The quantitative estimate of drug-likeness (QED) is 0.308. The Hall–Kier alpha value is -0.970. The standard InChI is InChI=1S/C8H10F2O7S/c9-8(10,18-17-16-13)7(12)15-4-6(11)14-3-5-1-2-5/h5,13H,1-4H2. The summed E-state index contributed by atoms with van der Waals surface area (Å²) in [6.07, 6.45) is 1.92. The highest BCUT2D eigenvalue weighted by molar-refractivity contribution is 7.96. The first-order chi connectivity index (χ1) is 8.45. The van der Waals surface area contributed by atoms with Crippen LogP contribution in [0.4, 0.5) is 8.78 Å². The molecule has 0 amide bonds. The molecule has 1 saturated carbocycles. The third-order valence-electron chi connectivity index (χ3n) is 1.90. The smallest absolute Gasteiger partial charge is 0.415 e. The van der Waals surface area contributed by atoms with E-state index in [1.54, 1.807) is 0 Å². The number of esters is 2. The van der Waals surface area contributed by atoms with Crippen molar-refractivity contribution < 1.29 is 42.5 Å². The number of rotatable bonds is 8. The maximum Gasteiger partial charge on any atom is 0.415 e. The van der Waals surface area contributed by atoms with E-state index in [0.29, 0.717) is 5.92 Å². The second-order valence-electron chi connectivity index (χ2n) is 3.45. The van der Waals surface area contributed by atoms with E-state index in [9.17, 15) is 18.4 Å². The lowest BCUT2D eigenvalue weighted by molar-refractivity contribution is -0.433. The SMILES string of the molecule is O=C(COC(=O)C(F)(F)SOOO)OCC1CC1. The summed E-state index contributed by atoms with van der Waals surface area (Å²) in [4.78, 5) is 21.8. The van der Waals surface area contributed by atoms with E-state index in [1.807, 2.05) is 0 Å². The van der Waals surface area contributed by atoms with Crippen molar-refractivity contribution in [1.29, 1.82) is 0 Å². The minimum Gasteiger partial charge on any atom is -0.463 e. The molecule has 0 saturated heterocycles. The first-order valence-electron chi connectivity index (χ1n) is 4.82. The summed E-state index contributed by atoms with van der Waals surface area (Å²) >= 11 is -0.765. The predicted octanol–water partition coefficient (Wildman–Crippen LogP) is 1.15. The fourth-order valence-corrected chi connectivity index (χ4v) is 1.08. The summed E-state index contributed by atoms with van der Waals surface area (Å²) in [5, 5.41) is 6.45. The van der Waals surface area contributed by atoms with Gasteiger partial charge in [0, 0.05) is 0 Å². The number of hydrogen-bond donors (Lipinski definition) is 1. The monoisotopic (exact) mass is 288 g/mol. The van der Waals surface area contributed by atoms with Gasteiger partial charge in [-0.15, -0.1) is 4.33 Å². The zero-order valence-electron chi connectivity index (χ0n) is 8.97. The molecule has 7 nitrogen and oxygen atoms in total. The first-order valence-corrected chi connectivity index (χ1v) is 5.56. The lowest BCUT2D eigenvalue weighted by Gasteiger charge is -2.11. The molecule has 0 aliphatic heterocycles. The number of carbonyl (C=O) groups is 2. The van der Waals surface area contributed by atoms with E-state index in [0.717, 1.165) is 12.8 Å². The second kappa shape index (κ2) is 6.83. The van der Waals surface area contributed by atoms with Crippen LogP contribution >= 0.6 is 12.0 Å². The van der Waals surface area contributed by atoms with Crippen LogP contribution in [0.3, 0.4) is 0 Å². The van der Waals surface area contributed by atoms with Crippen LogP contribution in [0, 0.1) is 5.92 Å². The minimum atomic E-state index is -4.11. The van der Waals surface area contributed by atoms with Gasteiger partial charge in [0.1, 0.15) is 12.0 Å². The van der Waals surface area contributed by atoms with Gasteiger partial charge in [0.2, 0.25) is 0 Å². The van der Waals surface area contributed by atoms with Crippen LogP contribution in [0.25, 0.3) is 0 Å². The van der Waals surface area contributed by atoms with Crippen LogP contribution in [0.2, 0.25) is 0 Å². The van der Waals surface area contributed by atoms with Gasteiger partial charge >= 0.3 is 17.2 Å². The molecule has 0 heterocycles. The van der Waals surface area contributed by atoms with Crippen molar-refractivity contribution >= 4 is 24.0 Å². The molecule has 0 atom stereocenters. The zero-order valence-corrected chi connectivity index (χ0v) is 9.78. The maximum absolute atomic E-state index is 12.8. The van der Waals surface area contributed by atoms with Crippen LogP contribution in [0.15, 0.2) is 0 Å². The van der Waals surface area contributed by atoms with E-state index in [-0.39, 0.29) is 6.61 Å². The Kier molecular flexibility index (Phi) is 5.72. The number of halogens is 2. The summed E-state index contributed by atoms with van der Waals surface area (Å²) in [5.41, 5.74) is 0. The topological polar surface area (TPSA) is 91.3 Å². The van der Waals surface area contributed by atoms with Gasteiger partial charge in [-0.2, -0.15) is 8.78 Å². The van der Waals surface area contributed by atoms with E-state index in [2.05, 4.69) is 18.8 Å². The molecule has 0 bridgehead atoms. The minimum absolute atomic E-state index is 0.197. The highest BCUT2D eigenvalue weighted by Crippen LogP contribution is 2.31. The number of carbonyl (C=O) groups excluding carboxylic acids is 2. The van der Waals surface area contributed by atoms with Gasteiger partial charge in [-0.25, -0.2) is 14.8 Å². The molecule has 0 aromatic rings. The van der Waals surface area contributed by atoms with Crippen molar-refractivity contribution in [1.82, 2.24) is 0 Å². The molecule has 1 rings (SSSR count). The second-order valence-corrected chi connectivity index (χ2v) is 4.26. The molecule has 0 aromatic heterocycles. The highest BCUT2D eigenvalue weighted by Gasteiger charge is 2.44. The molecule has 1 N–H and O–H groups in total. The van der Waals surface area contributed by atoms with Crippen molar-refractivity contribution in [2.75, 3.05) is 13.2 Å². The molecule has 104 valence electrons. The molecule has 0 radical (unpaired) electrons. The van der Waals surface area contributed by atoms with Gasteiger partial charge in [0.15, 0.2) is 6.61 Å². The zero-order chi connectivity index (χ0) is 13.6. The molecule has 1 aliphatic carbocycles. The fraction of sp³-hybridized carbons (Fsp3) is 0.750. The molecule has 1 fully saturated rings. The Bertz CT molecular complexity index is 308. The van der Waals surface area contributed by atoms with E-state index in [1.165, 1.54) is 0 Å². The fourth-order valence-electron chi connectivity index (χ4n) is 0.837. The molecule has 18 heavy (non-hydrogen) atoms. The van der Waals surface area contributed by atoms with Crippen LogP contribution in [0.1, 0.15) is 12.8 Å². The lowest BCUT2D eigenvalue weighted by Crippen LogP contribution is -2.30. The summed E-state index contributed by atoms with van der Waals surface area (Å²) in [6, 6.07) is 0. The average Bonchev–Trinajstić information content (AvgIpc) is 3.14. The van der Waals surface area contributed by atoms with Crippen molar-refractivity contribution in [2.24, 2.45) is 5.92 Å². The summed E-state index contributed by atoms with van der Waals surface area (Å²) in [7, 11) is 0. The van der Waals surface area contributed by atoms with Gasteiger partial charge in [0.25, 0.3) is 0 Å². The Labute approximate surface area is 104 Å². The van der Waals surface area contributed by atoms with Crippen molar-refractivity contribution in [3.05, 3.63) is 0 Å². The van der Waals surface area contributed by atoms with Gasteiger partial charge < -0.3 is 9.47 Å². The Morgan fingerprint density at radius 1 is 1.33 bits per heavy atom. The number of hydrogen-bond acceptors (Lipinski definition) is 8. The summed E-state index contributed by atoms with van der Waals surface area (Å²) in [5.74, 6) is -2.60. The van der Waals surface area contributed by atoms with E-state index >= 15 is 0 Å². The molecule has 0 unspecified atom stereocenters. The first kappa shape index (κ1) is 15.1. The molecule has 1 aliphatic rings. The Morgan fingerprint density at radius 3 is 2.56 bits per heavy atom. The van der Waals surface area contributed by atoms with Crippen molar-refractivity contribution in [3.8, 4) is 0 Å². The Balaban J connectivity index is 2.19. The van der Waals surface area contributed by atoms with Gasteiger partial charge in [-0.1, -0.05) is 5.04 Å². The van der Waals surface area contributed by atoms with Crippen molar-refractivity contribution in [2.45, 2.75) is 18.1 Å². The third-order valence-corrected chi connectivity index (χ3v) is 2.41. The third kappa shape index (κ3) is 5.58. The lowest BCUT2D eigenvalue weighted by atomic mass is 10.5. The van der Waals surface area contributed by atoms with Gasteiger partial charge in [-0.05, 0) is 18.8 Å². The molecular weight excluding hydrogens is 278 g/mol. The number of ether oxygens (including phenoxy) is 2. The Morgan fingerprint density at radius 2 is 2.00 bits per heavy atom.